The van der Waals surface area contributed by atoms with Crippen LogP contribution in [-0.4, -0.2) is 28.7 Å². The maximum absolute atomic E-state index is 12.1. The number of sulfonamides is 1. The topological polar surface area (TPSA) is 85.6 Å². The van der Waals surface area contributed by atoms with E-state index < -0.39 is 15.6 Å². The van der Waals surface area contributed by atoms with Crippen LogP contribution in [0.25, 0.3) is 11.0 Å². The summed E-state index contributed by atoms with van der Waals surface area (Å²) < 4.78 is 36.4. The second-order valence-electron chi connectivity index (χ2n) is 4.20. The zero-order valence-corrected chi connectivity index (χ0v) is 11.8. The molecule has 0 radical (unpaired) electrons. The van der Waals surface area contributed by atoms with Gasteiger partial charge in [0.05, 0.1) is 4.90 Å². The smallest absolute Gasteiger partial charge is 0.336 e. The largest absolute Gasteiger partial charge is 0.423 e. The number of nitrogens with one attached hydrogen (secondary N) is 1. The van der Waals surface area contributed by atoms with Gasteiger partial charge in [-0.05, 0) is 30.7 Å². The molecule has 0 fully saturated rings. The minimum Gasteiger partial charge on any atom is -0.423 e. The number of fused-ring (bicyclic) bond motifs is 1. The SMILES string of the molecule is COCCCNS(=O)(=O)c1ccc2oc(=O)ccc2c1. The van der Waals surface area contributed by atoms with Crippen molar-refractivity contribution in [1.82, 2.24) is 4.72 Å². The van der Waals surface area contributed by atoms with Gasteiger partial charge < -0.3 is 9.15 Å². The van der Waals surface area contributed by atoms with Crippen LogP contribution in [0.5, 0.6) is 0 Å². The third-order valence-corrected chi connectivity index (χ3v) is 4.18. The summed E-state index contributed by atoms with van der Waals surface area (Å²) in [4.78, 5) is 11.2. The number of hydrogen-bond donors (Lipinski definition) is 1. The highest BCUT2D eigenvalue weighted by Gasteiger charge is 2.14. The Hall–Kier alpha value is -1.70. The van der Waals surface area contributed by atoms with Crippen LogP contribution < -0.4 is 10.3 Å². The Morgan fingerprint density at radius 1 is 1.25 bits per heavy atom. The first-order valence-electron chi connectivity index (χ1n) is 6.05. The van der Waals surface area contributed by atoms with Crippen molar-refractivity contribution in [3.8, 4) is 0 Å². The van der Waals surface area contributed by atoms with E-state index in [2.05, 4.69) is 4.72 Å². The van der Waals surface area contributed by atoms with Gasteiger partial charge in [-0.2, -0.15) is 0 Å². The van der Waals surface area contributed by atoms with E-state index in [1.807, 2.05) is 0 Å². The lowest BCUT2D eigenvalue weighted by Gasteiger charge is -2.07. The fourth-order valence-electron chi connectivity index (χ4n) is 1.72. The fourth-order valence-corrected chi connectivity index (χ4v) is 2.83. The summed E-state index contributed by atoms with van der Waals surface area (Å²) in [6.45, 7) is 0.795. The number of hydrogen-bond acceptors (Lipinski definition) is 5. The van der Waals surface area contributed by atoms with Gasteiger partial charge >= 0.3 is 5.63 Å². The Morgan fingerprint density at radius 2 is 2.05 bits per heavy atom. The summed E-state index contributed by atoms with van der Waals surface area (Å²) in [5.74, 6) is 0. The average Bonchev–Trinajstić information content (AvgIpc) is 2.43. The highest BCUT2D eigenvalue weighted by molar-refractivity contribution is 7.89. The van der Waals surface area contributed by atoms with E-state index in [1.54, 1.807) is 7.11 Å². The number of methoxy groups -OCH3 is 1. The van der Waals surface area contributed by atoms with Gasteiger partial charge in [-0.3, -0.25) is 0 Å². The summed E-state index contributed by atoms with van der Waals surface area (Å²) in [5, 5.41) is 0.560. The van der Waals surface area contributed by atoms with E-state index in [9.17, 15) is 13.2 Å². The molecule has 0 aliphatic heterocycles. The molecule has 0 aliphatic rings. The molecule has 2 aromatic rings. The maximum atomic E-state index is 12.1. The molecule has 0 saturated carbocycles. The molecule has 0 bridgehead atoms. The van der Waals surface area contributed by atoms with Crippen LogP contribution in [0.3, 0.4) is 0 Å². The van der Waals surface area contributed by atoms with Crippen LogP contribution >= 0.6 is 0 Å². The van der Waals surface area contributed by atoms with E-state index in [0.717, 1.165) is 0 Å². The Morgan fingerprint density at radius 3 is 2.80 bits per heavy atom. The number of benzene rings is 1. The summed E-state index contributed by atoms with van der Waals surface area (Å²) >= 11 is 0. The van der Waals surface area contributed by atoms with E-state index in [0.29, 0.717) is 30.5 Å². The molecule has 108 valence electrons. The van der Waals surface area contributed by atoms with Gasteiger partial charge in [0.1, 0.15) is 5.58 Å². The van der Waals surface area contributed by atoms with Crippen molar-refractivity contribution in [2.24, 2.45) is 0 Å². The number of ether oxygens (including phenoxy) is 1. The Labute approximate surface area is 116 Å². The zero-order chi connectivity index (χ0) is 14.6. The van der Waals surface area contributed by atoms with Crippen molar-refractivity contribution in [3.63, 3.8) is 0 Å². The lowest BCUT2D eigenvalue weighted by molar-refractivity contribution is 0.196. The Kier molecular flexibility index (Phi) is 4.53. The summed E-state index contributed by atoms with van der Waals surface area (Å²) in [5.41, 5.74) is -0.110. The molecule has 6 nitrogen and oxygen atoms in total. The molecule has 0 atom stereocenters. The minimum atomic E-state index is -3.57. The molecule has 1 heterocycles. The van der Waals surface area contributed by atoms with E-state index in [1.165, 1.54) is 30.3 Å². The van der Waals surface area contributed by atoms with E-state index >= 15 is 0 Å². The van der Waals surface area contributed by atoms with Crippen molar-refractivity contribution >= 4 is 21.0 Å². The third-order valence-electron chi connectivity index (χ3n) is 2.72. The predicted molar refractivity (Wildman–Crippen MR) is 74.2 cm³/mol. The first kappa shape index (κ1) is 14.7. The molecular weight excluding hydrogens is 282 g/mol. The molecule has 1 N–H and O–H groups in total. The predicted octanol–water partition coefficient (Wildman–Crippen LogP) is 1.11. The van der Waals surface area contributed by atoms with Crippen LogP contribution in [0.15, 0.2) is 44.4 Å². The molecule has 0 aliphatic carbocycles. The summed E-state index contributed by atoms with van der Waals surface area (Å²) in [6, 6.07) is 7.14. The molecule has 2 rings (SSSR count). The summed E-state index contributed by atoms with van der Waals surface area (Å²) in [7, 11) is -2.01. The molecule has 0 spiro atoms. The monoisotopic (exact) mass is 297 g/mol. The molecule has 0 saturated heterocycles. The molecule has 1 aromatic heterocycles. The van der Waals surface area contributed by atoms with Crippen LogP contribution in [0.1, 0.15) is 6.42 Å². The van der Waals surface area contributed by atoms with Gasteiger partial charge in [0.15, 0.2) is 0 Å². The first-order valence-corrected chi connectivity index (χ1v) is 7.54. The molecule has 0 unspecified atom stereocenters. The standard InChI is InChI=1S/C13H15NO5S/c1-18-8-2-7-14-20(16,17)11-4-5-12-10(9-11)3-6-13(15)19-12/h3-6,9,14H,2,7-8H2,1H3. The van der Waals surface area contributed by atoms with Crippen LogP contribution in [0.4, 0.5) is 0 Å². The molecule has 20 heavy (non-hydrogen) atoms. The second-order valence-corrected chi connectivity index (χ2v) is 5.97. The lowest BCUT2D eigenvalue weighted by atomic mass is 10.2. The quantitative estimate of drug-likeness (QED) is 0.637. The van der Waals surface area contributed by atoms with Gasteiger partial charge in [-0.25, -0.2) is 17.9 Å². The Bertz CT molecular complexity index is 751. The van der Waals surface area contributed by atoms with Gasteiger partial charge in [-0.1, -0.05) is 0 Å². The molecule has 0 amide bonds. The average molecular weight is 297 g/mol. The van der Waals surface area contributed by atoms with E-state index in [4.69, 9.17) is 9.15 Å². The molecule has 7 heteroatoms. The van der Waals surface area contributed by atoms with Gasteiger partial charge in [0, 0.05) is 31.7 Å². The van der Waals surface area contributed by atoms with Crippen molar-refractivity contribution < 1.29 is 17.6 Å². The normalized spacial score (nSPS) is 11.8. The van der Waals surface area contributed by atoms with Crippen molar-refractivity contribution in [2.45, 2.75) is 11.3 Å². The lowest BCUT2D eigenvalue weighted by Crippen LogP contribution is -2.25. The minimum absolute atomic E-state index is 0.135. The summed E-state index contributed by atoms with van der Waals surface area (Å²) in [6.07, 6.45) is 0.595. The third kappa shape index (κ3) is 3.44. The fraction of sp³-hybridized carbons (Fsp3) is 0.308. The van der Waals surface area contributed by atoms with Gasteiger partial charge in [-0.15, -0.1) is 0 Å². The van der Waals surface area contributed by atoms with Crippen LogP contribution in [0.2, 0.25) is 0 Å². The van der Waals surface area contributed by atoms with Gasteiger partial charge in [0.25, 0.3) is 0 Å². The highest BCUT2D eigenvalue weighted by atomic mass is 32.2. The molecule has 1 aromatic carbocycles. The Balaban J connectivity index is 2.23. The van der Waals surface area contributed by atoms with Crippen LogP contribution in [-0.2, 0) is 14.8 Å². The molecular formula is C13H15NO5S. The second kappa shape index (κ2) is 6.17. The van der Waals surface area contributed by atoms with Gasteiger partial charge in [0.2, 0.25) is 10.0 Å². The first-order chi connectivity index (χ1) is 9.53. The zero-order valence-electron chi connectivity index (χ0n) is 11.0. The maximum Gasteiger partial charge on any atom is 0.336 e. The highest BCUT2D eigenvalue weighted by Crippen LogP contribution is 2.17. The van der Waals surface area contributed by atoms with Crippen molar-refractivity contribution in [2.75, 3.05) is 20.3 Å². The number of rotatable bonds is 6. The van der Waals surface area contributed by atoms with Crippen molar-refractivity contribution in [3.05, 3.63) is 40.8 Å². The van der Waals surface area contributed by atoms with Crippen LogP contribution in [0, 0.1) is 0 Å². The van der Waals surface area contributed by atoms with E-state index in [-0.39, 0.29) is 4.90 Å². The van der Waals surface area contributed by atoms with Crippen molar-refractivity contribution in [1.29, 1.82) is 0 Å².